The summed E-state index contributed by atoms with van der Waals surface area (Å²) >= 11 is 3.27. The molecule has 8 heteroatoms. The van der Waals surface area contributed by atoms with Gasteiger partial charge in [0.05, 0.1) is 19.1 Å². The number of benzene rings is 2. The summed E-state index contributed by atoms with van der Waals surface area (Å²) in [6.45, 7) is 4.55. The van der Waals surface area contributed by atoms with Crippen molar-refractivity contribution in [2.45, 2.75) is 30.4 Å². The first-order chi connectivity index (χ1) is 12.5. The van der Waals surface area contributed by atoms with Crippen LogP contribution in [0.2, 0.25) is 0 Å². The number of nitrogens with one attached hydrogen (secondary N) is 1. The summed E-state index contributed by atoms with van der Waals surface area (Å²) in [5, 5.41) is 2.70. The number of aryl methyl sites for hydroxylation is 1. The topological polar surface area (TPSA) is 81.7 Å². The maximum atomic E-state index is 13.0. The van der Waals surface area contributed by atoms with Crippen LogP contribution < -0.4 is 14.8 Å². The molecule has 0 bridgehead atoms. The molecule has 2 aromatic rings. The fraction of sp³-hybridized carbons (Fsp3) is 0.316. The molecule has 0 aromatic heterocycles. The summed E-state index contributed by atoms with van der Waals surface area (Å²) in [6.07, 6.45) is 0. The van der Waals surface area contributed by atoms with Crippen molar-refractivity contribution in [3.8, 4) is 11.5 Å². The second-order valence-corrected chi connectivity index (χ2v) is 9.86. The van der Waals surface area contributed by atoms with Crippen molar-refractivity contribution < 1.29 is 22.7 Å². The predicted molar refractivity (Wildman–Crippen MR) is 108 cm³/mol. The third-order valence-electron chi connectivity index (χ3n) is 4.32. The Morgan fingerprint density at radius 3 is 2.07 bits per heavy atom. The Hall–Kier alpha value is -2.06. The fourth-order valence-corrected chi connectivity index (χ4v) is 4.06. The van der Waals surface area contributed by atoms with Gasteiger partial charge in [0.25, 0.3) is 0 Å². The first-order valence-electron chi connectivity index (χ1n) is 8.09. The van der Waals surface area contributed by atoms with Gasteiger partial charge in [0, 0.05) is 16.2 Å². The van der Waals surface area contributed by atoms with E-state index < -0.39 is 20.5 Å². The van der Waals surface area contributed by atoms with Gasteiger partial charge in [-0.2, -0.15) is 0 Å². The van der Waals surface area contributed by atoms with Crippen LogP contribution in [0, 0.1) is 6.92 Å². The summed E-state index contributed by atoms with van der Waals surface area (Å²) in [6, 6.07) is 9.50. The Kier molecular flexibility index (Phi) is 6.21. The number of halogens is 1. The molecule has 1 amide bonds. The standard InChI is InChI=1S/C19H22BrNO5S/c1-12-10-16(25-4)17(26-5)11-15(12)21-18(22)19(2,3)27(23,24)14-8-6-13(20)7-9-14/h6-11H,1-5H3,(H,21,22). The van der Waals surface area contributed by atoms with Gasteiger partial charge in [0.15, 0.2) is 21.3 Å². The van der Waals surface area contributed by atoms with Gasteiger partial charge in [-0.3, -0.25) is 4.79 Å². The normalized spacial score (nSPS) is 11.8. The van der Waals surface area contributed by atoms with Crippen LogP contribution in [-0.2, 0) is 14.6 Å². The van der Waals surface area contributed by atoms with E-state index in [1.54, 1.807) is 31.2 Å². The summed E-state index contributed by atoms with van der Waals surface area (Å²) in [4.78, 5) is 12.9. The van der Waals surface area contributed by atoms with Crippen LogP contribution in [0.3, 0.4) is 0 Å². The smallest absolute Gasteiger partial charge is 0.245 e. The lowest BCUT2D eigenvalue weighted by Gasteiger charge is -2.24. The average Bonchev–Trinajstić information content (AvgIpc) is 2.62. The summed E-state index contributed by atoms with van der Waals surface area (Å²) < 4.78 is 35.5. The fourth-order valence-electron chi connectivity index (χ4n) is 2.42. The van der Waals surface area contributed by atoms with Crippen molar-refractivity contribution in [2.75, 3.05) is 19.5 Å². The highest BCUT2D eigenvalue weighted by Gasteiger charge is 2.43. The molecule has 0 saturated heterocycles. The second-order valence-electron chi connectivity index (χ2n) is 6.44. The third kappa shape index (κ3) is 4.11. The minimum absolute atomic E-state index is 0.0786. The molecule has 2 rings (SSSR count). The molecule has 0 aliphatic rings. The molecule has 1 N–H and O–H groups in total. The largest absolute Gasteiger partial charge is 0.493 e. The highest BCUT2D eigenvalue weighted by Crippen LogP contribution is 2.34. The van der Waals surface area contributed by atoms with Gasteiger partial charge in [-0.05, 0) is 56.7 Å². The summed E-state index contributed by atoms with van der Waals surface area (Å²) in [7, 11) is -0.901. The number of hydrogen-bond acceptors (Lipinski definition) is 5. The van der Waals surface area contributed by atoms with Crippen LogP contribution in [0.15, 0.2) is 45.8 Å². The quantitative estimate of drug-likeness (QED) is 0.712. The SMILES string of the molecule is COc1cc(C)c(NC(=O)C(C)(C)S(=O)(=O)c2ccc(Br)cc2)cc1OC. The summed E-state index contributed by atoms with van der Waals surface area (Å²) in [5.74, 6) is 0.322. The molecule has 2 aromatic carbocycles. The lowest BCUT2D eigenvalue weighted by molar-refractivity contribution is -0.117. The van der Waals surface area contributed by atoms with E-state index in [1.165, 1.54) is 40.2 Å². The van der Waals surface area contributed by atoms with E-state index >= 15 is 0 Å². The third-order valence-corrected chi connectivity index (χ3v) is 7.27. The van der Waals surface area contributed by atoms with Crippen LogP contribution in [0.1, 0.15) is 19.4 Å². The molecule has 0 aliphatic heterocycles. The number of methoxy groups -OCH3 is 2. The van der Waals surface area contributed by atoms with Gasteiger partial charge in [-0.15, -0.1) is 0 Å². The lowest BCUT2D eigenvalue weighted by Crippen LogP contribution is -2.44. The van der Waals surface area contributed by atoms with Gasteiger partial charge in [0.2, 0.25) is 5.91 Å². The van der Waals surface area contributed by atoms with Gasteiger partial charge in [-0.1, -0.05) is 15.9 Å². The second kappa shape index (κ2) is 7.90. The zero-order valence-electron chi connectivity index (χ0n) is 15.8. The average molecular weight is 456 g/mol. The molecule has 0 saturated carbocycles. The van der Waals surface area contributed by atoms with Crippen molar-refractivity contribution in [1.29, 1.82) is 0 Å². The Labute approximate surface area is 167 Å². The minimum Gasteiger partial charge on any atom is -0.493 e. The Balaban J connectivity index is 2.38. The molecule has 0 heterocycles. The van der Waals surface area contributed by atoms with Gasteiger partial charge >= 0.3 is 0 Å². The molecule has 146 valence electrons. The number of carbonyl (C=O) groups is 1. The first-order valence-corrected chi connectivity index (χ1v) is 10.4. The van der Waals surface area contributed by atoms with E-state index in [4.69, 9.17) is 9.47 Å². The first kappa shape index (κ1) is 21.2. The molecule has 0 atom stereocenters. The molecule has 0 aliphatic carbocycles. The Morgan fingerprint density at radius 1 is 1.04 bits per heavy atom. The molecule has 27 heavy (non-hydrogen) atoms. The van der Waals surface area contributed by atoms with Crippen LogP contribution in [0.25, 0.3) is 0 Å². The van der Waals surface area contributed by atoms with Crippen LogP contribution >= 0.6 is 15.9 Å². The van der Waals surface area contributed by atoms with Crippen molar-refractivity contribution in [3.63, 3.8) is 0 Å². The van der Waals surface area contributed by atoms with Crippen molar-refractivity contribution in [3.05, 3.63) is 46.4 Å². The number of sulfone groups is 1. The number of rotatable bonds is 6. The zero-order valence-corrected chi connectivity index (χ0v) is 18.2. The van der Waals surface area contributed by atoms with Crippen molar-refractivity contribution in [2.24, 2.45) is 0 Å². The van der Waals surface area contributed by atoms with E-state index in [2.05, 4.69) is 21.2 Å². The number of anilines is 1. The van der Waals surface area contributed by atoms with Crippen LogP contribution in [0.4, 0.5) is 5.69 Å². The van der Waals surface area contributed by atoms with E-state index in [9.17, 15) is 13.2 Å². The maximum absolute atomic E-state index is 13.0. The van der Waals surface area contributed by atoms with Gasteiger partial charge in [-0.25, -0.2) is 8.42 Å². The van der Waals surface area contributed by atoms with E-state index in [-0.39, 0.29) is 4.90 Å². The summed E-state index contributed by atoms with van der Waals surface area (Å²) in [5.41, 5.74) is 1.18. The van der Waals surface area contributed by atoms with Crippen molar-refractivity contribution in [1.82, 2.24) is 0 Å². The van der Waals surface area contributed by atoms with Gasteiger partial charge in [0.1, 0.15) is 4.75 Å². The Morgan fingerprint density at radius 2 is 1.56 bits per heavy atom. The Bertz CT molecular complexity index is 953. The number of hydrogen-bond donors (Lipinski definition) is 1. The molecule has 0 radical (unpaired) electrons. The van der Waals surface area contributed by atoms with E-state index in [0.717, 1.165) is 10.0 Å². The van der Waals surface area contributed by atoms with E-state index in [0.29, 0.717) is 17.2 Å². The maximum Gasteiger partial charge on any atom is 0.245 e. The molecular weight excluding hydrogens is 434 g/mol. The number of carbonyl (C=O) groups excluding carboxylic acids is 1. The molecule has 0 fully saturated rings. The molecular formula is C19H22BrNO5S. The molecule has 0 unspecified atom stereocenters. The highest BCUT2D eigenvalue weighted by molar-refractivity contribution is 9.10. The molecule has 0 spiro atoms. The minimum atomic E-state index is -3.90. The monoisotopic (exact) mass is 455 g/mol. The zero-order chi connectivity index (χ0) is 20.4. The number of ether oxygens (including phenoxy) is 2. The van der Waals surface area contributed by atoms with Crippen LogP contribution in [-0.4, -0.2) is 33.3 Å². The highest BCUT2D eigenvalue weighted by atomic mass is 79.9. The lowest BCUT2D eigenvalue weighted by atomic mass is 10.1. The number of amides is 1. The van der Waals surface area contributed by atoms with Crippen molar-refractivity contribution >= 4 is 37.4 Å². The van der Waals surface area contributed by atoms with Gasteiger partial charge < -0.3 is 14.8 Å². The van der Waals surface area contributed by atoms with E-state index in [1.807, 2.05) is 0 Å². The predicted octanol–water partition coefficient (Wildman–Crippen LogP) is 3.97. The molecule has 6 nitrogen and oxygen atoms in total. The van der Waals surface area contributed by atoms with Crippen LogP contribution in [0.5, 0.6) is 11.5 Å².